The van der Waals surface area contributed by atoms with Crippen LogP contribution < -0.4 is 0 Å². The van der Waals surface area contributed by atoms with Crippen LogP contribution in [0.5, 0.6) is 0 Å². The Morgan fingerprint density at radius 1 is 1.28 bits per heavy atom. The van der Waals surface area contributed by atoms with E-state index in [4.69, 9.17) is 9.15 Å². The van der Waals surface area contributed by atoms with Gasteiger partial charge < -0.3 is 9.15 Å². The van der Waals surface area contributed by atoms with Gasteiger partial charge in [0.15, 0.2) is 5.78 Å². The number of Topliss-reactive ketones (excluding diaryl/α,β-unsaturated/α-hetero) is 1. The maximum Gasteiger partial charge on any atom is 0.306 e. The SMILES string of the molecule is CCOC(=O)CCC(=O)C(=C(C)C)c1ccco1. The Balaban J connectivity index is 2.70. The number of furan rings is 1. The zero-order chi connectivity index (χ0) is 13.5. The lowest BCUT2D eigenvalue weighted by Crippen LogP contribution is -2.09. The van der Waals surface area contributed by atoms with Crippen molar-refractivity contribution in [1.82, 2.24) is 0 Å². The van der Waals surface area contributed by atoms with Crippen LogP contribution in [-0.4, -0.2) is 18.4 Å². The van der Waals surface area contributed by atoms with Gasteiger partial charge in [0.25, 0.3) is 0 Å². The highest BCUT2D eigenvalue weighted by atomic mass is 16.5. The molecule has 1 rings (SSSR count). The van der Waals surface area contributed by atoms with E-state index in [9.17, 15) is 9.59 Å². The Morgan fingerprint density at radius 3 is 2.50 bits per heavy atom. The van der Waals surface area contributed by atoms with Crippen molar-refractivity contribution in [3.63, 3.8) is 0 Å². The van der Waals surface area contributed by atoms with E-state index in [1.165, 1.54) is 6.26 Å². The smallest absolute Gasteiger partial charge is 0.306 e. The van der Waals surface area contributed by atoms with Gasteiger partial charge in [0.2, 0.25) is 0 Å². The first-order chi connectivity index (χ1) is 8.56. The Labute approximate surface area is 107 Å². The normalized spacial score (nSPS) is 9.94. The summed E-state index contributed by atoms with van der Waals surface area (Å²) >= 11 is 0. The molecular formula is C14H18O4. The summed E-state index contributed by atoms with van der Waals surface area (Å²) in [6.07, 6.45) is 1.76. The molecule has 0 aliphatic carbocycles. The van der Waals surface area contributed by atoms with Crippen LogP contribution >= 0.6 is 0 Å². The number of carbonyl (C=O) groups is 2. The van der Waals surface area contributed by atoms with Crippen LogP contribution in [0.1, 0.15) is 39.4 Å². The van der Waals surface area contributed by atoms with Crippen LogP contribution in [0.25, 0.3) is 5.57 Å². The predicted octanol–water partition coefficient (Wildman–Crippen LogP) is 2.99. The quantitative estimate of drug-likeness (QED) is 0.575. The molecule has 0 unspecified atom stereocenters. The summed E-state index contributed by atoms with van der Waals surface area (Å²) in [5.41, 5.74) is 1.42. The minimum atomic E-state index is -0.349. The molecule has 98 valence electrons. The molecule has 0 bridgehead atoms. The largest absolute Gasteiger partial charge is 0.466 e. The first-order valence-corrected chi connectivity index (χ1v) is 5.96. The number of ether oxygens (including phenoxy) is 1. The van der Waals surface area contributed by atoms with Gasteiger partial charge in [-0.25, -0.2) is 0 Å². The minimum Gasteiger partial charge on any atom is -0.466 e. The van der Waals surface area contributed by atoms with E-state index in [1.54, 1.807) is 19.1 Å². The van der Waals surface area contributed by atoms with Crippen LogP contribution in [0.2, 0.25) is 0 Å². The van der Waals surface area contributed by atoms with Gasteiger partial charge in [-0.05, 0) is 32.9 Å². The molecule has 0 saturated carbocycles. The van der Waals surface area contributed by atoms with Gasteiger partial charge in [-0.15, -0.1) is 0 Å². The zero-order valence-electron chi connectivity index (χ0n) is 11.0. The fourth-order valence-electron chi connectivity index (χ4n) is 1.66. The van der Waals surface area contributed by atoms with E-state index in [-0.39, 0.29) is 24.6 Å². The summed E-state index contributed by atoms with van der Waals surface area (Å²) in [4.78, 5) is 23.3. The number of ketones is 1. The maximum absolute atomic E-state index is 12.1. The van der Waals surface area contributed by atoms with Gasteiger partial charge in [-0.2, -0.15) is 0 Å². The maximum atomic E-state index is 12.1. The minimum absolute atomic E-state index is 0.0991. The molecule has 0 aromatic carbocycles. The number of rotatable bonds is 6. The van der Waals surface area contributed by atoms with Gasteiger partial charge in [-0.3, -0.25) is 9.59 Å². The van der Waals surface area contributed by atoms with Crippen LogP contribution in [-0.2, 0) is 14.3 Å². The van der Waals surface area contributed by atoms with Gasteiger partial charge in [-0.1, -0.05) is 5.57 Å². The average molecular weight is 250 g/mol. The first kappa shape index (κ1) is 14.2. The van der Waals surface area contributed by atoms with Crippen molar-refractivity contribution >= 4 is 17.3 Å². The third kappa shape index (κ3) is 3.87. The molecule has 0 amide bonds. The summed E-state index contributed by atoms with van der Waals surface area (Å²) < 4.78 is 10.0. The second-order valence-electron chi connectivity index (χ2n) is 4.08. The zero-order valence-corrected chi connectivity index (χ0v) is 11.0. The van der Waals surface area contributed by atoms with E-state index < -0.39 is 0 Å². The van der Waals surface area contributed by atoms with Crippen molar-refractivity contribution in [1.29, 1.82) is 0 Å². The fraction of sp³-hybridized carbons (Fsp3) is 0.429. The second-order valence-corrected chi connectivity index (χ2v) is 4.08. The summed E-state index contributed by atoms with van der Waals surface area (Å²) in [6.45, 7) is 5.77. The number of hydrogen-bond donors (Lipinski definition) is 0. The van der Waals surface area contributed by atoms with E-state index in [0.717, 1.165) is 5.57 Å². The molecule has 4 nitrogen and oxygen atoms in total. The Bertz CT molecular complexity index is 436. The Hall–Kier alpha value is -1.84. The molecule has 0 spiro atoms. The molecule has 1 aromatic heterocycles. The molecule has 1 aromatic rings. The molecule has 0 atom stereocenters. The lowest BCUT2D eigenvalue weighted by Gasteiger charge is -2.06. The number of esters is 1. The van der Waals surface area contributed by atoms with Crippen LogP contribution in [0, 0.1) is 0 Å². The highest BCUT2D eigenvalue weighted by Gasteiger charge is 2.17. The molecule has 0 saturated heterocycles. The lowest BCUT2D eigenvalue weighted by molar-refractivity contribution is -0.144. The van der Waals surface area contributed by atoms with Gasteiger partial charge in [0.1, 0.15) is 5.76 Å². The van der Waals surface area contributed by atoms with E-state index in [2.05, 4.69) is 0 Å². The average Bonchev–Trinajstić information content (AvgIpc) is 2.80. The number of carbonyl (C=O) groups excluding carboxylic acids is 2. The molecule has 0 radical (unpaired) electrons. The highest BCUT2D eigenvalue weighted by molar-refractivity contribution is 6.21. The monoisotopic (exact) mass is 250 g/mol. The van der Waals surface area contributed by atoms with E-state index in [0.29, 0.717) is 17.9 Å². The van der Waals surface area contributed by atoms with Crippen molar-refractivity contribution in [3.05, 3.63) is 29.7 Å². The van der Waals surface area contributed by atoms with Crippen LogP contribution in [0.15, 0.2) is 28.4 Å². The third-order valence-electron chi connectivity index (χ3n) is 2.41. The number of hydrogen-bond acceptors (Lipinski definition) is 4. The summed E-state index contributed by atoms with van der Waals surface area (Å²) in [5.74, 6) is 0.0975. The first-order valence-electron chi connectivity index (χ1n) is 5.96. The molecule has 18 heavy (non-hydrogen) atoms. The van der Waals surface area contributed by atoms with Crippen LogP contribution in [0.4, 0.5) is 0 Å². The highest BCUT2D eigenvalue weighted by Crippen LogP contribution is 2.22. The molecule has 0 fully saturated rings. The predicted molar refractivity (Wildman–Crippen MR) is 67.9 cm³/mol. The molecule has 1 heterocycles. The van der Waals surface area contributed by atoms with Crippen molar-refractivity contribution < 1.29 is 18.7 Å². The third-order valence-corrected chi connectivity index (χ3v) is 2.41. The van der Waals surface area contributed by atoms with Crippen molar-refractivity contribution in [2.75, 3.05) is 6.61 Å². The summed E-state index contributed by atoms with van der Waals surface area (Å²) in [6, 6.07) is 3.47. The molecular weight excluding hydrogens is 232 g/mol. The van der Waals surface area contributed by atoms with Gasteiger partial charge in [0.05, 0.1) is 24.9 Å². The van der Waals surface area contributed by atoms with Gasteiger partial charge >= 0.3 is 5.97 Å². The molecule has 4 heteroatoms. The van der Waals surface area contributed by atoms with E-state index >= 15 is 0 Å². The summed E-state index contributed by atoms with van der Waals surface area (Å²) in [5, 5.41) is 0. The van der Waals surface area contributed by atoms with Crippen LogP contribution in [0.3, 0.4) is 0 Å². The lowest BCUT2D eigenvalue weighted by atomic mass is 10.0. The van der Waals surface area contributed by atoms with Crippen molar-refractivity contribution in [2.24, 2.45) is 0 Å². The topological polar surface area (TPSA) is 56.5 Å². The van der Waals surface area contributed by atoms with Crippen molar-refractivity contribution in [3.8, 4) is 0 Å². The fourth-order valence-corrected chi connectivity index (χ4v) is 1.66. The Kier molecular flexibility index (Phi) is 5.36. The van der Waals surface area contributed by atoms with Crippen molar-refractivity contribution in [2.45, 2.75) is 33.6 Å². The van der Waals surface area contributed by atoms with Gasteiger partial charge in [0, 0.05) is 6.42 Å². The molecule has 0 N–H and O–H groups in total. The Morgan fingerprint density at radius 2 is 2.00 bits per heavy atom. The number of allylic oxidation sites excluding steroid dienone is 2. The standard InChI is InChI=1S/C14H18O4/c1-4-17-13(16)8-7-11(15)14(10(2)3)12-6-5-9-18-12/h5-6,9H,4,7-8H2,1-3H3. The van der Waals surface area contributed by atoms with E-state index in [1.807, 2.05) is 13.8 Å². The molecule has 0 aliphatic rings. The second kappa shape index (κ2) is 6.79. The molecule has 0 aliphatic heterocycles. The summed E-state index contributed by atoms with van der Waals surface area (Å²) in [7, 11) is 0.